The number of amides is 1. The van der Waals surface area contributed by atoms with Crippen LogP contribution in [0.2, 0.25) is 0 Å². The third-order valence-corrected chi connectivity index (χ3v) is 5.45. The van der Waals surface area contributed by atoms with E-state index in [1.165, 1.54) is 12.8 Å². The summed E-state index contributed by atoms with van der Waals surface area (Å²) in [5.74, 6) is 1.70. The van der Waals surface area contributed by atoms with E-state index in [9.17, 15) is 4.79 Å². The van der Waals surface area contributed by atoms with Crippen molar-refractivity contribution >= 4 is 12.1 Å². The molecule has 0 atom stereocenters. The number of carbonyl (C=O) groups is 2. The van der Waals surface area contributed by atoms with Gasteiger partial charge in [0.2, 0.25) is 5.91 Å². The number of hydrogen-bond acceptors (Lipinski definition) is 3. The number of benzene rings is 1. The molecule has 0 spiro atoms. The standard InChI is InChI=1S/C21H33NO2.CH2O3/c1-14-11-15(2)18(19(12-14)24-6)13-20(23)22-17-9-7-16(8-10-17)21(3,4)5;2-1(3)4/h11-12,16-17H,7-10,13H2,1-6H3,(H,22,23);(H2,2,3,4). The molecule has 1 aromatic carbocycles. The van der Waals surface area contributed by atoms with Crippen LogP contribution >= 0.6 is 0 Å². The number of hydrogen-bond donors (Lipinski definition) is 3. The minimum Gasteiger partial charge on any atom is -0.496 e. The van der Waals surface area contributed by atoms with Gasteiger partial charge in [0.1, 0.15) is 5.75 Å². The van der Waals surface area contributed by atoms with Crippen LogP contribution in [0, 0.1) is 25.2 Å². The Morgan fingerprint density at radius 1 is 1.11 bits per heavy atom. The first kappa shape index (κ1) is 23.8. The monoisotopic (exact) mass is 393 g/mol. The third kappa shape index (κ3) is 7.79. The summed E-state index contributed by atoms with van der Waals surface area (Å²) in [6.07, 6.45) is 3.17. The van der Waals surface area contributed by atoms with Gasteiger partial charge in [-0.15, -0.1) is 0 Å². The molecule has 0 bridgehead atoms. The van der Waals surface area contributed by atoms with E-state index in [4.69, 9.17) is 19.7 Å². The molecular formula is C22H35NO5. The van der Waals surface area contributed by atoms with Crippen LogP contribution in [-0.4, -0.2) is 35.4 Å². The van der Waals surface area contributed by atoms with Crippen molar-refractivity contribution in [1.82, 2.24) is 5.32 Å². The summed E-state index contributed by atoms with van der Waals surface area (Å²) >= 11 is 0. The molecule has 0 radical (unpaired) electrons. The molecule has 158 valence electrons. The average molecular weight is 394 g/mol. The highest BCUT2D eigenvalue weighted by Gasteiger charge is 2.30. The van der Waals surface area contributed by atoms with Crippen LogP contribution in [0.25, 0.3) is 0 Å². The van der Waals surface area contributed by atoms with E-state index < -0.39 is 6.16 Å². The van der Waals surface area contributed by atoms with Crippen LogP contribution in [0.3, 0.4) is 0 Å². The van der Waals surface area contributed by atoms with E-state index in [0.717, 1.165) is 41.2 Å². The van der Waals surface area contributed by atoms with E-state index >= 15 is 0 Å². The number of aryl methyl sites for hydroxylation is 2. The van der Waals surface area contributed by atoms with Crippen LogP contribution in [-0.2, 0) is 11.2 Å². The first-order valence-corrected chi connectivity index (χ1v) is 9.79. The fraction of sp³-hybridized carbons (Fsp3) is 0.636. The summed E-state index contributed by atoms with van der Waals surface area (Å²) in [7, 11) is 1.67. The molecule has 1 fully saturated rings. The zero-order valence-corrected chi connectivity index (χ0v) is 18.0. The molecule has 0 heterocycles. The Morgan fingerprint density at radius 3 is 2.11 bits per heavy atom. The Balaban J connectivity index is 0.000000892. The topological polar surface area (TPSA) is 95.9 Å². The number of nitrogens with one attached hydrogen (secondary N) is 1. The molecule has 6 heteroatoms. The summed E-state index contributed by atoms with van der Waals surface area (Å²) in [5, 5.41) is 17.2. The Hall–Kier alpha value is -2.24. The lowest BCUT2D eigenvalue weighted by Crippen LogP contribution is -2.40. The first-order valence-electron chi connectivity index (χ1n) is 9.79. The van der Waals surface area contributed by atoms with Gasteiger partial charge in [-0.3, -0.25) is 4.79 Å². The Kier molecular flexibility index (Phi) is 8.79. The maximum absolute atomic E-state index is 12.5. The Morgan fingerprint density at radius 2 is 1.64 bits per heavy atom. The minimum atomic E-state index is -1.83. The van der Waals surface area contributed by atoms with Crippen molar-refractivity contribution < 1.29 is 24.5 Å². The summed E-state index contributed by atoms with van der Waals surface area (Å²) in [6, 6.07) is 4.44. The Labute approximate surface area is 168 Å². The van der Waals surface area contributed by atoms with Crippen LogP contribution in [0.15, 0.2) is 12.1 Å². The largest absolute Gasteiger partial charge is 0.503 e. The van der Waals surface area contributed by atoms with Crippen molar-refractivity contribution in [3.05, 3.63) is 28.8 Å². The van der Waals surface area contributed by atoms with Crippen molar-refractivity contribution in [2.24, 2.45) is 11.3 Å². The third-order valence-electron chi connectivity index (χ3n) is 5.45. The number of carboxylic acid groups (broad SMARTS) is 2. The van der Waals surface area contributed by atoms with E-state index in [1.807, 2.05) is 19.9 Å². The molecule has 2 rings (SSSR count). The van der Waals surface area contributed by atoms with Gasteiger partial charge in [-0.05, 0) is 68.1 Å². The molecule has 0 aromatic heterocycles. The van der Waals surface area contributed by atoms with E-state index in [1.54, 1.807) is 7.11 Å². The Bertz CT molecular complexity index is 666. The second-order valence-corrected chi connectivity index (χ2v) is 8.70. The minimum absolute atomic E-state index is 0.111. The fourth-order valence-corrected chi connectivity index (χ4v) is 3.91. The van der Waals surface area contributed by atoms with Crippen LogP contribution in [0.1, 0.15) is 63.1 Å². The van der Waals surface area contributed by atoms with Gasteiger partial charge < -0.3 is 20.3 Å². The summed E-state index contributed by atoms with van der Waals surface area (Å²) in [4.78, 5) is 21.1. The maximum atomic E-state index is 12.5. The highest BCUT2D eigenvalue weighted by atomic mass is 16.6. The SMILES string of the molecule is COc1cc(C)cc(C)c1CC(=O)NC1CCC(C(C)(C)C)CC1.O=C(O)O. The molecule has 0 unspecified atom stereocenters. The van der Waals surface area contributed by atoms with Gasteiger partial charge >= 0.3 is 6.16 Å². The summed E-state index contributed by atoms with van der Waals surface area (Å²) in [5.41, 5.74) is 3.66. The van der Waals surface area contributed by atoms with E-state index in [0.29, 0.717) is 17.9 Å². The van der Waals surface area contributed by atoms with Crippen molar-refractivity contribution in [3.63, 3.8) is 0 Å². The van der Waals surface area contributed by atoms with Crippen LogP contribution < -0.4 is 10.1 Å². The zero-order chi connectivity index (χ0) is 21.5. The normalized spacial score (nSPS) is 19.2. The quantitative estimate of drug-likeness (QED) is 0.683. The molecule has 28 heavy (non-hydrogen) atoms. The van der Waals surface area contributed by atoms with Crippen molar-refractivity contribution in [3.8, 4) is 5.75 Å². The smallest absolute Gasteiger partial charge is 0.496 e. The molecule has 1 saturated carbocycles. The number of rotatable bonds is 4. The highest BCUT2D eigenvalue weighted by Crippen LogP contribution is 2.37. The molecule has 3 N–H and O–H groups in total. The fourth-order valence-electron chi connectivity index (χ4n) is 3.91. The average Bonchev–Trinajstić information content (AvgIpc) is 2.56. The van der Waals surface area contributed by atoms with Gasteiger partial charge in [-0.1, -0.05) is 26.8 Å². The van der Waals surface area contributed by atoms with E-state index in [-0.39, 0.29) is 5.91 Å². The highest BCUT2D eigenvalue weighted by molar-refractivity contribution is 5.80. The molecule has 0 aliphatic heterocycles. The first-order chi connectivity index (χ1) is 12.9. The predicted molar refractivity (Wildman–Crippen MR) is 110 cm³/mol. The van der Waals surface area contributed by atoms with Crippen LogP contribution in [0.5, 0.6) is 5.75 Å². The predicted octanol–water partition coefficient (Wildman–Crippen LogP) is 4.80. The van der Waals surface area contributed by atoms with Gasteiger partial charge in [0.05, 0.1) is 13.5 Å². The lowest BCUT2D eigenvalue weighted by Gasteiger charge is -2.37. The molecule has 1 aliphatic rings. The maximum Gasteiger partial charge on any atom is 0.503 e. The summed E-state index contributed by atoms with van der Waals surface area (Å²) in [6.45, 7) is 11.1. The van der Waals surface area contributed by atoms with Gasteiger partial charge in [0.15, 0.2) is 0 Å². The van der Waals surface area contributed by atoms with Gasteiger partial charge in [0.25, 0.3) is 0 Å². The van der Waals surface area contributed by atoms with Crippen molar-refractivity contribution in [2.45, 2.75) is 72.8 Å². The number of ether oxygens (including phenoxy) is 1. The summed E-state index contributed by atoms with van der Waals surface area (Å²) < 4.78 is 5.47. The molecular weight excluding hydrogens is 358 g/mol. The van der Waals surface area contributed by atoms with Gasteiger partial charge in [0, 0.05) is 11.6 Å². The second kappa shape index (κ2) is 10.3. The molecule has 1 amide bonds. The van der Waals surface area contributed by atoms with Crippen molar-refractivity contribution in [1.29, 1.82) is 0 Å². The molecule has 0 saturated heterocycles. The number of methoxy groups -OCH3 is 1. The zero-order valence-electron chi connectivity index (χ0n) is 18.0. The van der Waals surface area contributed by atoms with Gasteiger partial charge in [-0.25, -0.2) is 4.79 Å². The van der Waals surface area contributed by atoms with Crippen molar-refractivity contribution in [2.75, 3.05) is 7.11 Å². The second-order valence-electron chi connectivity index (χ2n) is 8.70. The lowest BCUT2D eigenvalue weighted by molar-refractivity contribution is -0.121. The number of carbonyl (C=O) groups excluding carboxylic acids is 1. The van der Waals surface area contributed by atoms with E-state index in [2.05, 4.69) is 32.2 Å². The van der Waals surface area contributed by atoms with Crippen LogP contribution in [0.4, 0.5) is 4.79 Å². The lowest BCUT2D eigenvalue weighted by atomic mass is 9.71. The molecule has 1 aliphatic carbocycles. The molecule has 1 aromatic rings. The van der Waals surface area contributed by atoms with Gasteiger partial charge in [-0.2, -0.15) is 0 Å². The molecule has 6 nitrogen and oxygen atoms in total.